The Morgan fingerprint density at radius 1 is 1.09 bits per heavy atom. The number of fused-ring (bicyclic) bond motifs is 2. The number of piperidine rings is 1. The van der Waals surface area contributed by atoms with Gasteiger partial charge in [-0.2, -0.15) is 0 Å². The molecule has 0 aliphatic carbocycles. The van der Waals surface area contributed by atoms with Gasteiger partial charge >= 0.3 is 0 Å². The van der Waals surface area contributed by atoms with E-state index in [1.807, 2.05) is 0 Å². The monoisotopic (exact) mass is 648 g/mol. The van der Waals surface area contributed by atoms with E-state index in [4.69, 9.17) is 21.1 Å². The molecule has 3 aromatic carbocycles. The summed E-state index contributed by atoms with van der Waals surface area (Å²) in [7, 11) is 0. The fraction of sp³-hybridized carbons (Fsp3) is 0.281. The minimum atomic E-state index is -0.841. The van der Waals surface area contributed by atoms with Crippen molar-refractivity contribution in [3.05, 3.63) is 82.1 Å². The van der Waals surface area contributed by atoms with E-state index >= 15 is 4.39 Å². The standard InChI is InChI=1S/C32H27ClF2N6O5/c33-22-9-17(2-4-23(22)34)39-30-20-10-25(27(11-24(20)37-15-38-30)46-18-7-8-45-14-18)36-12-16-1-3-19-21(29(16)35)13-41(32(19)44)26-5-6-28(42)40-31(26)43/h1-4,9-11,15,18,26,36H,5-8,12-14H2,(H,37,38,39)(H,40,42,43). The van der Waals surface area contributed by atoms with Crippen molar-refractivity contribution in [1.29, 1.82) is 0 Å². The van der Waals surface area contributed by atoms with Gasteiger partial charge in [0.25, 0.3) is 5.91 Å². The third-order valence-electron chi connectivity index (χ3n) is 8.30. The Morgan fingerprint density at radius 2 is 1.96 bits per heavy atom. The molecule has 236 valence electrons. The molecule has 11 nitrogen and oxygen atoms in total. The minimum Gasteiger partial charge on any atom is -0.486 e. The summed E-state index contributed by atoms with van der Waals surface area (Å²) in [4.78, 5) is 47.2. The number of aromatic nitrogens is 2. The summed E-state index contributed by atoms with van der Waals surface area (Å²) in [6, 6.07) is 10.0. The average Bonchev–Trinajstić information content (AvgIpc) is 3.67. The molecule has 3 N–H and O–H groups in total. The third-order valence-corrected chi connectivity index (χ3v) is 8.59. The molecule has 0 saturated carbocycles. The van der Waals surface area contributed by atoms with Crippen LogP contribution >= 0.6 is 11.6 Å². The number of halogens is 3. The van der Waals surface area contributed by atoms with Gasteiger partial charge in [-0.1, -0.05) is 17.7 Å². The molecule has 14 heteroatoms. The molecule has 4 heterocycles. The molecular weight excluding hydrogens is 622 g/mol. The van der Waals surface area contributed by atoms with E-state index < -0.39 is 35.4 Å². The van der Waals surface area contributed by atoms with E-state index in [0.29, 0.717) is 59.0 Å². The molecule has 2 fully saturated rings. The summed E-state index contributed by atoms with van der Waals surface area (Å²) in [6.07, 6.45) is 2.21. The van der Waals surface area contributed by atoms with Crippen LogP contribution in [0.15, 0.2) is 48.8 Å². The van der Waals surface area contributed by atoms with Gasteiger partial charge in [-0.15, -0.1) is 0 Å². The van der Waals surface area contributed by atoms with Gasteiger partial charge in [0.2, 0.25) is 11.8 Å². The van der Waals surface area contributed by atoms with Gasteiger partial charge in [0.1, 0.15) is 41.7 Å². The Bertz CT molecular complexity index is 1900. The van der Waals surface area contributed by atoms with E-state index in [2.05, 4.69) is 25.9 Å². The number of benzene rings is 3. The zero-order valence-corrected chi connectivity index (χ0v) is 25.0. The fourth-order valence-electron chi connectivity index (χ4n) is 5.89. The molecular formula is C32H27ClF2N6O5. The number of amides is 3. The molecule has 2 saturated heterocycles. The molecule has 3 amide bonds. The highest BCUT2D eigenvalue weighted by Crippen LogP contribution is 2.36. The molecule has 3 aliphatic heterocycles. The molecule has 4 aromatic rings. The predicted molar refractivity (Wildman–Crippen MR) is 164 cm³/mol. The Hall–Kier alpha value is -4.88. The van der Waals surface area contributed by atoms with Crippen LogP contribution in [0.5, 0.6) is 5.75 Å². The summed E-state index contributed by atoms with van der Waals surface area (Å²) < 4.78 is 41.4. The van der Waals surface area contributed by atoms with Crippen molar-refractivity contribution >= 4 is 57.4 Å². The summed E-state index contributed by atoms with van der Waals surface area (Å²) in [6.45, 7) is 0.966. The van der Waals surface area contributed by atoms with Crippen LogP contribution in [0.1, 0.15) is 40.7 Å². The normalized spacial score (nSPS) is 19.4. The quantitative estimate of drug-likeness (QED) is 0.229. The molecule has 7 rings (SSSR count). The van der Waals surface area contributed by atoms with Crippen LogP contribution in [0, 0.1) is 11.6 Å². The van der Waals surface area contributed by atoms with Gasteiger partial charge in [0.05, 0.1) is 36.0 Å². The minimum absolute atomic E-state index is 0.0405. The van der Waals surface area contributed by atoms with Crippen molar-refractivity contribution in [2.24, 2.45) is 0 Å². The van der Waals surface area contributed by atoms with Gasteiger partial charge in [0, 0.05) is 53.2 Å². The summed E-state index contributed by atoms with van der Waals surface area (Å²) >= 11 is 5.97. The van der Waals surface area contributed by atoms with Gasteiger partial charge < -0.3 is 25.0 Å². The van der Waals surface area contributed by atoms with Crippen LogP contribution in [-0.2, 0) is 27.4 Å². The lowest BCUT2D eigenvalue weighted by Crippen LogP contribution is -2.52. The van der Waals surface area contributed by atoms with Crippen LogP contribution in [0.4, 0.5) is 26.0 Å². The van der Waals surface area contributed by atoms with Crippen molar-refractivity contribution in [3.63, 3.8) is 0 Å². The van der Waals surface area contributed by atoms with Crippen molar-refractivity contribution in [3.8, 4) is 5.75 Å². The number of ether oxygens (including phenoxy) is 2. The van der Waals surface area contributed by atoms with Crippen molar-refractivity contribution in [1.82, 2.24) is 20.2 Å². The number of anilines is 3. The second-order valence-corrected chi connectivity index (χ2v) is 11.7. The molecule has 2 unspecified atom stereocenters. The van der Waals surface area contributed by atoms with Crippen molar-refractivity contribution in [2.75, 3.05) is 23.8 Å². The summed E-state index contributed by atoms with van der Waals surface area (Å²) in [5.41, 5.74) is 2.32. The second kappa shape index (κ2) is 12.1. The van der Waals surface area contributed by atoms with Gasteiger partial charge in [-0.05, 0) is 36.8 Å². The Kier molecular flexibility index (Phi) is 7.87. The number of nitrogens with one attached hydrogen (secondary N) is 3. The van der Waals surface area contributed by atoms with E-state index in [1.54, 1.807) is 18.2 Å². The highest BCUT2D eigenvalue weighted by Gasteiger charge is 2.40. The Balaban J connectivity index is 1.17. The summed E-state index contributed by atoms with van der Waals surface area (Å²) in [5.74, 6) is -1.58. The number of hydrogen-bond donors (Lipinski definition) is 3. The van der Waals surface area contributed by atoms with E-state index in [9.17, 15) is 18.8 Å². The number of nitrogens with zero attached hydrogens (tertiary/aromatic N) is 3. The molecule has 2 atom stereocenters. The maximum absolute atomic E-state index is 15.9. The molecule has 46 heavy (non-hydrogen) atoms. The molecule has 0 radical (unpaired) electrons. The Morgan fingerprint density at radius 3 is 2.74 bits per heavy atom. The lowest BCUT2D eigenvalue weighted by Gasteiger charge is -2.29. The topological polar surface area (TPSA) is 135 Å². The number of imide groups is 1. The first-order valence-electron chi connectivity index (χ1n) is 14.7. The van der Waals surface area contributed by atoms with Crippen LogP contribution < -0.4 is 20.7 Å². The van der Waals surface area contributed by atoms with Crippen LogP contribution in [0.3, 0.4) is 0 Å². The number of carbonyl (C=O) groups excluding carboxylic acids is 3. The first kappa shape index (κ1) is 29.8. The number of carbonyl (C=O) groups is 3. The van der Waals surface area contributed by atoms with Gasteiger partial charge in [-0.25, -0.2) is 18.7 Å². The van der Waals surface area contributed by atoms with E-state index in [0.717, 1.165) is 0 Å². The van der Waals surface area contributed by atoms with Gasteiger partial charge in [0.15, 0.2) is 0 Å². The van der Waals surface area contributed by atoms with Crippen LogP contribution in [-0.4, -0.2) is 57.9 Å². The zero-order chi connectivity index (χ0) is 31.9. The second-order valence-electron chi connectivity index (χ2n) is 11.3. The third kappa shape index (κ3) is 5.67. The largest absolute Gasteiger partial charge is 0.486 e. The van der Waals surface area contributed by atoms with E-state index in [1.165, 1.54) is 35.5 Å². The average molecular weight is 649 g/mol. The first-order valence-corrected chi connectivity index (χ1v) is 15.1. The fourth-order valence-corrected chi connectivity index (χ4v) is 6.08. The first-order chi connectivity index (χ1) is 22.2. The Labute approximate surface area is 266 Å². The van der Waals surface area contributed by atoms with Gasteiger partial charge in [-0.3, -0.25) is 19.7 Å². The number of rotatable bonds is 8. The SMILES string of the molecule is O=C1CCC(N2Cc3c(ccc(CNc4cc5c(Nc6ccc(F)c(Cl)c6)ncnc5cc4OC4CCOC4)c3F)C2=O)C(=O)N1. The zero-order valence-electron chi connectivity index (χ0n) is 24.2. The lowest BCUT2D eigenvalue weighted by molar-refractivity contribution is -0.136. The summed E-state index contributed by atoms with van der Waals surface area (Å²) in [5, 5.41) is 9.25. The highest BCUT2D eigenvalue weighted by atomic mass is 35.5. The predicted octanol–water partition coefficient (Wildman–Crippen LogP) is 4.85. The van der Waals surface area contributed by atoms with Crippen LogP contribution in [0.2, 0.25) is 5.02 Å². The van der Waals surface area contributed by atoms with Crippen molar-refractivity contribution in [2.45, 2.75) is 44.5 Å². The molecule has 1 aromatic heterocycles. The molecule has 3 aliphatic rings. The molecule has 0 spiro atoms. The maximum Gasteiger partial charge on any atom is 0.255 e. The van der Waals surface area contributed by atoms with Crippen molar-refractivity contribution < 1.29 is 32.6 Å². The molecule has 0 bridgehead atoms. The smallest absolute Gasteiger partial charge is 0.255 e. The lowest BCUT2D eigenvalue weighted by atomic mass is 10.0. The highest BCUT2D eigenvalue weighted by molar-refractivity contribution is 6.31. The number of hydrogen-bond acceptors (Lipinski definition) is 9. The van der Waals surface area contributed by atoms with E-state index in [-0.39, 0.29) is 48.2 Å². The maximum atomic E-state index is 15.9. The van der Waals surface area contributed by atoms with Crippen LogP contribution in [0.25, 0.3) is 10.9 Å².